The van der Waals surface area contributed by atoms with Gasteiger partial charge < -0.3 is 10.7 Å². The van der Waals surface area contributed by atoms with E-state index in [-0.39, 0.29) is 21.6 Å². The molecule has 0 amide bonds. The fourth-order valence-electron chi connectivity index (χ4n) is 1.92. The van der Waals surface area contributed by atoms with Crippen LogP contribution in [0.2, 0.25) is 5.02 Å². The van der Waals surface area contributed by atoms with Gasteiger partial charge in [0.05, 0.1) is 16.7 Å². The number of sulfonamides is 1. The van der Waals surface area contributed by atoms with Crippen molar-refractivity contribution in [1.29, 1.82) is 0 Å². The Balaban J connectivity index is 2.01. The van der Waals surface area contributed by atoms with Crippen molar-refractivity contribution in [1.82, 2.24) is 9.97 Å². The minimum Gasteiger partial charge on any atom is -0.398 e. The number of halogens is 1. The maximum Gasteiger partial charge on any atom is 0.266 e. The van der Waals surface area contributed by atoms with Gasteiger partial charge in [0.1, 0.15) is 4.90 Å². The van der Waals surface area contributed by atoms with Crippen LogP contribution in [-0.2, 0) is 10.0 Å². The molecule has 0 aliphatic carbocycles. The number of aromatic amines is 1. The summed E-state index contributed by atoms with van der Waals surface area (Å²) in [6.45, 7) is 0. The molecule has 0 saturated heterocycles. The molecule has 4 N–H and O–H groups in total. The lowest BCUT2D eigenvalue weighted by atomic mass is 10.3. The second kappa shape index (κ2) is 4.94. The maximum atomic E-state index is 12.3. The number of imidazole rings is 1. The molecule has 0 saturated carbocycles. The van der Waals surface area contributed by atoms with E-state index >= 15 is 0 Å². The van der Waals surface area contributed by atoms with Gasteiger partial charge in [-0.25, -0.2) is 18.1 Å². The zero-order valence-electron chi connectivity index (χ0n) is 10.7. The molecule has 3 aromatic rings. The van der Waals surface area contributed by atoms with Gasteiger partial charge in [0.25, 0.3) is 10.0 Å². The van der Waals surface area contributed by atoms with Crippen molar-refractivity contribution >= 4 is 44.3 Å². The third-order valence-electron chi connectivity index (χ3n) is 2.89. The highest BCUT2D eigenvalue weighted by Gasteiger charge is 2.19. The lowest BCUT2D eigenvalue weighted by Gasteiger charge is -2.08. The molecule has 1 heterocycles. The van der Waals surface area contributed by atoms with Gasteiger partial charge >= 0.3 is 0 Å². The van der Waals surface area contributed by atoms with Crippen molar-refractivity contribution < 1.29 is 8.42 Å². The van der Waals surface area contributed by atoms with E-state index in [2.05, 4.69) is 14.7 Å². The number of aromatic nitrogens is 2. The highest BCUT2D eigenvalue weighted by molar-refractivity contribution is 7.92. The van der Waals surface area contributed by atoms with Crippen LogP contribution in [0.3, 0.4) is 0 Å². The summed E-state index contributed by atoms with van der Waals surface area (Å²) in [5.41, 5.74) is 7.20. The largest absolute Gasteiger partial charge is 0.398 e. The maximum absolute atomic E-state index is 12.3. The molecule has 0 unspecified atom stereocenters. The van der Waals surface area contributed by atoms with Gasteiger partial charge in [0.2, 0.25) is 5.95 Å². The third kappa shape index (κ3) is 2.65. The van der Waals surface area contributed by atoms with Crippen LogP contribution in [0.15, 0.2) is 47.4 Å². The van der Waals surface area contributed by atoms with E-state index in [0.717, 1.165) is 5.52 Å². The van der Waals surface area contributed by atoms with E-state index in [0.29, 0.717) is 5.52 Å². The number of rotatable bonds is 3. The van der Waals surface area contributed by atoms with E-state index in [1.807, 2.05) is 12.1 Å². The van der Waals surface area contributed by atoms with Crippen LogP contribution in [0.4, 0.5) is 11.6 Å². The van der Waals surface area contributed by atoms with Crippen molar-refractivity contribution in [2.45, 2.75) is 4.90 Å². The first-order valence-corrected chi connectivity index (χ1v) is 7.84. The van der Waals surface area contributed by atoms with Crippen LogP contribution in [0, 0.1) is 0 Å². The minimum absolute atomic E-state index is 0.0875. The van der Waals surface area contributed by atoms with Crippen molar-refractivity contribution in [2.24, 2.45) is 0 Å². The van der Waals surface area contributed by atoms with Gasteiger partial charge in [-0.15, -0.1) is 0 Å². The predicted octanol–water partition coefficient (Wildman–Crippen LogP) is 2.60. The number of nitrogens with one attached hydrogen (secondary N) is 2. The van der Waals surface area contributed by atoms with Crippen molar-refractivity contribution in [3.8, 4) is 0 Å². The molecule has 21 heavy (non-hydrogen) atoms. The number of nitrogens with zero attached hydrogens (tertiary/aromatic N) is 1. The molecule has 2 aromatic carbocycles. The molecule has 0 fully saturated rings. The van der Waals surface area contributed by atoms with E-state index in [4.69, 9.17) is 17.3 Å². The molecule has 1 aromatic heterocycles. The summed E-state index contributed by atoms with van der Waals surface area (Å²) in [7, 11) is -3.87. The lowest BCUT2D eigenvalue weighted by Crippen LogP contribution is -2.15. The van der Waals surface area contributed by atoms with Crippen LogP contribution in [0.5, 0.6) is 0 Å². The Bertz CT molecular complexity index is 888. The summed E-state index contributed by atoms with van der Waals surface area (Å²) < 4.78 is 27.0. The van der Waals surface area contributed by atoms with Gasteiger partial charge in [-0.3, -0.25) is 0 Å². The Labute approximate surface area is 126 Å². The fourth-order valence-corrected chi connectivity index (χ4v) is 3.28. The number of benzene rings is 2. The van der Waals surface area contributed by atoms with Gasteiger partial charge in [0.15, 0.2) is 0 Å². The third-order valence-corrected chi connectivity index (χ3v) is 4.52. The average Bonchev–Trinajstić information content (AvgIpc) is 2.82. The number of nitrogens with two attached hydrogens (primary N) is 1. The standard InChI is InChI=1S/C13H11ClN4O2S/c14-8-5-6-9(15)12(7-8)21(19,20)18-13-16-10-3-1-2-4-11(10)17-13/h1-7H,15H2,(H2,16,17,18). The summed E-state index contributed by atoms with van der Waals surface area (Å²) in [5.74, 6) is 0.121. The van der Waals surface area contributed by atoms with Gasteiger partial charge in [-0.1, -0.05) is 23.7 Å². The lowest BCUT2D eigenvalue weighted by molar-refractivity contribution is 0.601. The quantitative estimate of drug-likeness (QED) is 0.645. The van der Waals surface area contributed by atoms with E-state index in [9.17, 15) is 8.42 Å². The summed E-state index contributed by atoms with van der Waals surface area (Å²) in [5, 5.41) is 0.286. The van der Waals surface area contributed by atoms with E-state index in [1.165, 1.54) is 18.2 Å². The van der Waals surface area contributed by atoms with Crippen LogP contribution < -0.4 is 10.5 Å². The average molecular weight is 323 g/mol. The second-order valence-corrected chi connectivity index (χ2v) is 6.48. The zero-order valence-corrected chi connectivity index (χ0v) is 12.2. The SMILES string of the molecule is Nc1ccc(Cl)cc1S(=O)(=O)Nc1nc2ccccc2[nH]1. The molecule has 8 heteroatoms. The Morgan fingerprint density at radius 1 is 1.19 bits per heavy atom. The Morgan fingerprint density at radius 2 is 1.95 bits per heavy atom. The first kappa shape index (κ1) is 13.7. The molecular weight excluding hydrogens is 312 g/mol. The van der Waals surface area contributed by atoms with Crippen LogP contribution in [0.25, 0.3) is 11.0 Å². The topological polar surface area (TPSA) is 101 Å². The first-order valence-electron chi connectivity index (χ1n) is 5.98. The summed E-state index contributed by atoms with van der Waals surface area (Å²) in [6, 6.07) is 11.5. The number of fused-ring (bicyclic) bond motifs is 1. The number of H-pyrrole nitrogens is 1. The molecule has 0 bridgehead atoms. The van der Waals surface area contributed by atoms with Crippen LogP contribution >= 0.6 is 11.6 Å². The van der Waals surface area contributed by atoms with Gasteiger partial charge in [-0.2, -0.15) is 0 Å². The molecule has 0 spiro atoms. The van der Waals surface area contributed by atoms with Crippen LogP contribution in [-0.4, -0.2) is 18.4 Å². The molecule has 108 valence electrons. The zero-order chi connectivity index (χ0) is 15.0. The molecule has 3 rings (SSSR count). The smallest absolute Gasteiger partial charge is 0.266 e. The summed E-state index contributed by atoms with van der Waals surface area (Å²) >= 11 is 5.82. The molecule has 0 aliphatic heterocycles. The summed E-state index contributed by atoms with van der Waals surface area (Å²) in [4.78, 5) is 6.95. The monoisotopic (exact) mass is 322 g/mol. The van der Waals surface area contributed by atoms with Gasteiger partial charge in [0, 0.05) is 5.02 Å². The van der Waals surface area contributed by atoms with Gasteiger partial charge in [-0.05, 0) is 30.3 Å². The first-order chi connectivity index (χ1) is 9.95. The molecule has 6 nitrogen and oxygen atoms in total. The molecule has 0 aliphatic rings. The normalized spacial score (nSPS) is 11.7. The Kier molecular flexibility index (Phi) is 3.23. The van der Waals surface area contributed by atoms with Crippen LogP contribution in [0.1, 0.15) is 0 Å². The van der Waals surface area contributed by atoms with Crippen molar-refractivity contribution in [3.63, 3.8) is 0 Å². The minimum atomic E-state index is -3.87. The Hall–Kier alpha value is -2.25. The highest BCUT2D eigenvalue weighted by atomic mass is 35.5. The molecular formula is C13H11ClN4O2S. The number of nitrogen functional groups attached to an aromatic ring is 1. The Morgan fingerprint density at radius 3 is 2.71 bits per heavy atom. The number of para-hydroxylation sites is 2. The predicted molar refractivity (Wildman–Crippen MR) is 82.8 cm³/mol. The second-order valence-electron chi connectivity index (χ2n) is 4.39. The number of hydrogen-bond donors (Lipinski definition) is 3. The summed E-state index contributed by atoms with van der Waals surface area (Å²) in [6.07, 6.45) is 0. The van der Waals surface area contributed by atoms with E-state index in [1.54, 1.807) is 12.1 Å². The van der Waals surface area contributed by atoms with E-state index < -0.39 is 10.0 Å². The molecule has 0 radical (unpaired) electrons. The number of anilines is 2. The number of hydrogen-bond acceptors (Lipinski definition) is 4. The highest BCUT2D eigenvalue weighted by Crippen LogP contribution is 2.24. The van der Waals surface area contributed by atoms with Crippen molar-refractivity contribution in [2.75, 3.05) is 10.5 Å². The fraction of sp³-hybridized carbons (Fsp3) is 0. The van der Waals surface area contributed by atoms with Crippen molar-refractivity contribution in [3.05, 3.63) is 47.5 Å². The molecule has 0 atom stereocenters.